The van der Waals surface area contributed by atoms with E-state index in [4.69, 9.17) is 31.4 Å². The summed E-state index contributed by atoms with van der Waals surface area (Å²) in [5.74, 6) is 1.46. The monoisotopic (exact) mass is 494 g/mol. The maximum Gasteiger partial charge on any atom is 0.167 e. The van der Waals surface area contributed by atoms with Crippen LogP contribution in [0.2, 0.25) is 0 Å². The van der Waals surface area contributed by atoms with Crippen molar-refractivity contribution < 1.29 is 0 Å². The number of nitrogens with two attached hydrogens (primary N) is 2. The van der Waals surface area contributed by atoms with E-state index in [1.165, 1.54) is 0 Å². The number of aromatic nitrogens is 6. The summed E-state index contributed by atoms with van der Waals surface area (Å²) in [5.41, 5.74) is 18.9. The standard InChI is InChI=1S/C30H22N8/c31-27-28(32)36-26(30-34-22-16-8-10-18-24(22)38(30)20-13-5-2-6-14-20)25(35-27)29-33-21-15-7-9-17-23(21)37(29)19-11-3-1-4-12-19/h1-18H,(H2,31,35)(H2,32,36). The number of nitrogens with zero attached hydrogens (tertiary/aromatic N) is 6. The Bertz CT molecular complexity index is 1800. The molecule has 7 rings (SSSR count). The van der Waals surface area contributed by atoms with Crippen molar-refractivity contribution >= 4 is 33.7 Å². The van der Waals surface area contributed by atoms with Crippen molar-refractivity contribution in [3.8, 4) is 34.4 Å². The summed E-state index contributed by atoms with van der Waals surface area (Å²) < 4.78 is 4.13. The molecule has 0 spiro atoms. The molecule has 38 heavy (non-hydrogen) atoms. The zero-order valence-corrected chi connectivity index (χ0v) is 20.2. The minimum atomic E-state index is 0.137. The average molecular weight is 495 g/mol. The quantitative estimate of drug-likeness (QED) is 0.327. The molecule has 0 unspecified atom stereocenters. The molecule has 0 aliphatic heterocycles. The fraction of sp³-hybridized carbons (Fsp3) is 0. The topological polar surface area (TPSA) is 113 Å². The van der Waals surface area contributed by atoms with Gasteiger partial charge in [-0.05, 0) is 48.5 Å². The summed E-state index contributed by atoms with van der Waals surface area (Å²) in [5, 5.41) is 0. The zero-order valence-electron chi connectivity index (χ0n) is 20.2. The lowest BCUT2D eigenvalue weighted by Crippen LogP contribution is -2.09. The Morgan fingerprint density at radius 1 is 0.421 bits per heavy atom. The smallest absolute Gasteiger partial charge is 0.167 e. The zero-order chi connectivity index (χ0) is 25.6. The number of para-hydroxylation sites is 6. The predicted octanol–water partition coefficient (Wildman–Crippen LogP) is 5.65. The number of rotatable bonds is 4. The lowest BCUT2D eigenvalue weighted by Gasteiger charge is -2.14. The average Bonchev–Trinajstić information content (AvgIpc) is 3.54. The van der Waals surface area contributed by atoms with Crippen molar-refractivity contribution in [2.24, 2.45) is 0 Å². The molecule has 4 N–H and O–H groups in total. The van der Waals surface area contributed by atoms with Crippen LogP contribution >= 0.6 is 0 Å². The van der Waals surface area contributed by atoms with Gasteiger partial charge in [-0.3, -0.25) is 9.13 Å². The fourth-order valence-electron chi connectivity index (χ4n) is 4.82. The normalized spacial score (nSPS) is 11.4. The molecular formula is C30H22N8. The van der Waals surface area contributed by atoms with E-state index in [1.54, 1.807) is 0 Å². The molecule has 0 saturated carbocycles. The number of hydrogen-bond donors (Lipinski definition) is 2. The molecule has 0 bridgehead atoms. The van der Waals surface area contributed by atoms with E-state index >= 15 is 0 Å². The van der Waals surface area contributed by atoms with Crippen LogP contribution in [0.3, 0.4) is 0 Å². The van der Waals surface area contributed by atoms with Gasteiger partial charge in [0, 0.05) is 11.4 Å². The highest BCUT2D eigenvalue weighted by molar-refractivity contribution is 5.89. The van der Waals surface area contributed by atoms with Gasteiger partial charge in [0.2, 0.25) is 0 Å². The molecule has 0 radical (unpaired) electrons. The third kappa shape index (κ3) is 3.39. The van der Waals surface area contributed by atoms with Crippen molar-refractivity contribution in [2.75, 3.05) is 11.5 Å². The number of hydrogen-bond acceptors (Lipinski definition) is 6. The molecule has 4 aromatic carbocycles. The van der Waals surface area contributed by atoms with E-state index in [2.05, 4.69) is 9.13 Å². The van der Waals surface area contributed by atoms with Crippen LogP contribution in [0.4, 0.5) is 11.6 Å². The summed E-state index contributed by atoms with van der Waals surface area (Å²) in [6.07, 6.45) is 0. The van der Waals surface area contributed by atoms with Crippen molar-refractivity contribution in [3.63, 3.8) is 0 Å². The summed E-state index contributed by atoms with van der Waals surface area (Å²) in [4.78, 5) is 19.5. The van der Waals surface area contributed by atoms with Crippen LogP contribution in [-0.2, 0) is 0 Å². The Hall–Kier alpha value is -5.50. The molecule has 0 amide bonds. The van der Waals surface area contributed by atoms with Crippen LogP contribution in [-0.4, -0.2) is 29.1 Å². The molecule has 8 heteroatoms. The molecule has 0 fully saturated rings. The minimum Gasteiger partial charge on any atom is -0.381 e. The first-order valence-corrected chi connectivity index (χ1v) is 12.2. The second kappa shape index (κ2) is 8.56. The van der Waals surface area contributed by atoms with E-state index in [0.29, 0.717) is 23.0 Å². The van der Waals surface area contributed by atoms with Gasteiger partial charge >= 0.3 is 0 Å². The largest absolute Gasteiger partial charge is 0.381 e. The Balaban J connectivity index is 1.59. The molecule has 0 aliphatic carbocycles. The van der Waals surface area contributed by atoms with Gasteiger partial charge < -0.3 is 11.5 Å². The maximum absolute atomic E-state index is 6.25. The van der Waals surface area contributed by atoms with Crippen LogP contribution in [0.25, 0.3) is 56.5 Å². The van der Waals surface area contributed by atoms with Gasteiger partial charge in [0.25, 0.3) is 0 Å². The first-order chi connectivity index (χ1) is 18.7. The lowest BCUT2D eigenvalue weighted by molar-refractivity contribution is 1.04. The number of imidazole rings is 2. The number of nitrogen functional groups attached to an aromatic ring is 2. The van der Waals surface area contributed by atoms with Gasteiger partial charge in [0.1, 0.15) is 11.4 Å². The van der Waals surface area contributed by atoms with Gasteiger partial charge in [-0.1, -0.05) is 60.7 Å². The summed E-state index contributed by atoms with van der Waals surface area (Å²) in [6.45, 7) is 0. The molecular weight excluding hydrogens is 472 g/mol. The third-order valence-corrected chi connectivity index (χ3v) is 6.53. The molecule has 7 aromatic rings. The lowest BCUT2D eigenvalue weighted by atomic mass is 10.2. The molecule has 0 atom stereocenters. The molecule has 3 aromatic heterocycles. The van der Waals surface area contributed by atoms with Gasteiger partial charge in [0.05, 0.1) is 22.1 Å². The van der Waals surface area contributed by atoms with Crippen LogP contribution in [0.15, 0.2) is 109 Å². The highest BCUT2D eigenvalue weighted by Gasteiger charge is 2.26. The summed E-state index contributed by atoms with van der Waals surface area (Å²) in [6, 6.07) is 36.0. The molecule has 182 valence electrons. The van der Waals surface area contributed by atoms with Gasteiger partial charge in [0.15, 0.2) is 23.3 Å². The molecule has 3 heterocycles. The van der Waals surface area contributed by atoms with Gasteiger partial charge in [-0.2, -0.15) is 0 Å². The number of fused-ring (bicyclic) bond motifs is 2. The SMILES string of the molecule is Nc1nc(-c2nc3ccccc3n2-c2ccccc2)c(-c2nc3ccccc3n2-c2ccccc2)nc1N. The Morgan fingerprint density at radius 3 is 1.21 bits per heavy atom. The highest BCUT2D eigenvalue weighted by Crippen LogP contribution is 2.37. The van der Waals surface area contributed by atoms with Crippen LogP contribution < -0.4 is 11.5 Å². The highest BCUT2D eigenvalue weighted by atomic mass is 15.2. The van der Waals surface area contributed by atoms with E-state index in [9.17, 15) is 0 Å². The third-order valence-electron chi connectivity index (χ3n) is 6.53. The van der Waals surface area contributed by atoms with E-state index in [1.807, 2.05) is 109 Å². The Kier molecular flexibility index (Phi) is 4.90. The van der Waals surface area contributed by atoms with Crippen molar-refractivity contribution in [3.05, 3.63) is 109 Å². The van der Waals surface area contributed by atoms with Crippen LogP contribution in [0, 0.1) is 0 Å². The van der Waals surface area contributed by atoms with Crippen molar-refractivity contribution in [1.29, 1.82) is 0 Å². The summed E-state index contributed by atoms with van der Waals surface area (Å²) in [7, 11) is 0. The van der Waals surface area contributed by atoms with Crippen LogP contribution in [0.5, 0.6) is 0 Å². The molecule has 0 aliphatic rings. The first-order valence-electron chi connectivity index (χ1n) is 12.2. The second-order valence-electron chi connectivity index (χ2n) is 8.88. The van der Waals surface area contributed by atoms with E-state index < -0.39 is 0 Å². The Morgan fingerprint density at radius 2 is 0.789 bits per heavy atom. The maximum atomic E-state index is 6.25. The number of anilines is 2. The van der Waals surface area contributed by atoms with E-state index in [-0.39, 0.29) is 11.6 Å². The van der Waals surface area contributed by atoms with Gasteiger partial charge in [-0.15, -0.1) is 0 Å². The number of benzene rings is 4. The Labute approximate surface area is 217 Å². The fourth-order valence-corrected chi connectivity index (χ4v) is 4.82. The first kappa shape index (κ1) is 21.8. The molecule has 0 saturated heterocycles. The minimum absolute atomic E-state index is 0.137. The predicted molar refractivity (Wildman–Crippen MR) is 151 cm³/mol. The van der Waals surface area contributed by atoms with E-state index in [0.717, 1.165) is 33.4 Å². The van der Waals surface area contributed by atoms with Crippen molar-refractivity contribution in [1.82, 2.24) is 29.1 Å². The molecule has 8 nitrogen and oxygen atoms in total. The van der Waals surface area contributed by atoms with Crippen molar-refractivity contribution in [2.45, 2.75) is 0 Å². The van der Waals surface area contributed by atoms with Gasteiger partial charge in [-0.25, -0.2) is 19.9 Å². The second-order valence-corrected chi connectivity index (χ2v) is 8.88. The van der Waals surface area contributed by atoms with Crippen LogP contribution in [0.1, 0.15) is 0 Å². The summed E-state index contributed by atoms with van der Waals surface area (Å²) >= 11 is 0.